The second-order valence-electron chi connectivity index (χ2n) is 8.64. The smallest absolute Gasteiger partial charge is 0.116 e. The molecule has 2 unspecified atom stereocenters. The maximum atomic E-state index is 6.93. The molecule has 0 spiro atoms. The Balaban J connectivity index is 1.48. The van der Waals surface area contributed by atoms with E-state index in [4.69, 9.17) is 4.74 Å². The number of H-pyrrole nitrogens is 4. The van der Waals surface area contributed by atoms with Gasteiger partial charge in [-0.3, -0.25) is 10.2 Å². The third-order valence-electron chi connectivity index (χ3n) is 6.77. The van der Waals surface area contributed by atoms with Gasteiger partial charge in [0, 0.05) is 60.9 Å². The number of aryl methyl sites for hydroxylation is 2. The molecule has 0 saturated heterocycles. The fourth-order valence-electron chi connectivity index (χ4n) is 5.01. The van der Waals surface area contributed by atoms with Crippen molar-refractivity contribution in [3.63, 3.8) is 0 Å². The van der Waals surface area contributed by atoms with Gasteiger partial charge in [-0.25, -0.2) is 9.97 Å². The predicted octanol–water partition coefficient (Wildman–Crippen LogP) is 3.68. The molecule has 4 N–H and O–H groups in total. The number of hydrogen-bond acceptors (Lipinski definition) is 5. The molecular weight excluding hydrogens is 416 g/mol. The van der Waals surface area contributed by atoms with Gasteiger partial charge in [-0.05, 0) is 49.8 Å². The minimum absolute atomic E-state index is 0.228. The van der Waals surface area contributed by atoms with Crippen LogP contribution in [0.4, 0.5) is 0 Å². The van der Waals surface area contributed by atoms with Crippen LogP contribution in [-0.4, -0.2) is 45.9 Å². The van der Waals surface area contributed by atoms with E-state index in [-0.39, 0.29) is 11.5 Å². The standard InChI is InChI=1S/C24H30N8O/c1-2-24(8-5-17-6-9-29-31-17)20(15-18-7-10-30-32-18)19(3-4-22-25-11-12-26-22)21(33-24)16-23-27-13-14-28-23/h6-7,9-14,20H,2-5,8,15-16H2,1H3,(H,25,26)(H,27,28)(H,29,31)(H,30,32). The third kappa shape index (κ3) is 4.62. The van der Waals surface area contributed by atoms with Crippen molar-refractivity contribution >= 4 is 0 Å². The van der Waals surface area contributed by atoms with E-state index in [1.807, 2.05) is 24.7 Å². The summed E-state index contributed by atoms with van der Waals surface area (Å²) in [5.41, 5.74) is 3.29. The Morgan fingerprint density at radius 1 is 0.879 bits per heavy atom. The molecule has 0 aliphatic carbocycles. The predicted molar refractivity (Wildman–Crippen MR) is 123 cm³/mol. The second kappa shape index (κ2) is 9.48. The van der Waals surface area contributed by atoms with Crippen LogP contribution in [0.3, 0.4) is 0 Å². The molecule has 1 aliphatic heterocycles. The first-order valence-electron chi connectivity index (χ1n) is 11.6. The molecule has 9 heteroatoms. The number of hydrogen-bond donors (Lipinski definition) is 4. The fourth-order valence-corrected chi connectivity index (χ4v) is 5.01. The number of aromatic amines is 4. The summed E-state index contributed by atoms with van der Waals surface area (Å²) in [7, 11) is 0. The van der Waals surface area contributed by atoms with Gasteiger partial charge in [0.25, 0.3) is 0 Å². The highest BCUT2D eigenvalue weighted by molar-refractivity contribution is 5.29. The zero-order chi connectivity index (χ0) is 22.5. The van der Waals surface area contributed by atoms with Crippen LogP contribution < -0.4 is 0 Å². The van der Waals surface area contributed by atoms with Crippen molar-refractivity contribution in [2.24, 2.45) is 5.92 Å². The van der Waals surface area contributed by atoms with Crippen LogP contribution in [0, 0.1) is 5.92 Å². The van der Waals surface area contributed by atoms with Gasteiger partial charge in [-0.1, -0.05) is 6.92 Å². The number of allylic oxidation sites excluding steroid dienone is 1. The molecule has 33 heavy (non-hydrogen) atoms. The highest BCUT2D eigenvalue weighted by Crippen LogP contribution is 2.48. The van der Waals surface area contributed by atoms with Crippen LogP contribution in [0.15, 0.2) is 60.6 Å². The van der Waals surface area contributed by atoms with E-state index < -0.39 is 0 Å². The third-order valence-corrected chi connectivity index (χ3v) is 6.77. The first kappa shape index (κ1) is 21.2. The van der Waals surface area contributed by atoms with Crippen molar-refractivity contribution in [2.75, 3.05) is 0 Å². The van der Waals surface area contributed by atoms with Gasteiger partial charge in [-0.15, -0.1) is 0 Å². The van der Waals surface area contributed by atoms with E-state index in [1.54, 1.807) is 18.6 Å². The Kier molecular flexibility index (Phi) is 6.10. The highest BCUT2D eigenvalue weighted by Gasteiger charge is 2.48. The molecule has 4 aromatic rings. The molecule has 5 heterocycles. The SMILES string of the molecule is CCC1(CCc2ccn[nH]2)OC(Cc2ncc[nH]2)=C(CCc2ncc[nH]2)C1Cc1ccn[nH]1. The number of ether oxygens (including phenoxy) is 1. The van der Waals surface area contributed by atoms with E-state index in [2.05, 4.69) is 53.3 Å². The number of aromatic nitrogens is 8. The maximum Gasteiger partial charge on any atom is 0.116 e. The number of nitrogens with zero attached hydrogens (tertiary/aromatic N) is 4. The lowest BCUT2D eigenvalue weighted by atomic mass is 9.74. The molecule has 2 atom stereocenters. The fraction of sp³-hybridized carbons (Fsp3) is 0.417. The van der Waals surface area contributed by atoms with Crippen LogP contribution in [0.2, 0.25) is 0 Å². The van der Waals surface area contributed by atoms with E-state index in [9.17, 15) is 0 Å². The Morgan fingerprint density at radius 3 is 2.24 bits per heavy atom. The average Bonchev–Trinajstić information content (AvgIpc) is 3.66. The molecular formula is C24H30N8O. The first-order chi connectivity index (χ1) is 16.3. The summed E-state index contributed by atoms with van der Waals surface area (Å²) in [6, 6.07) is 4.10. The number of rotatable bonds is 11. The minimum atomic E-state index is -0.309. The van der Waals surface area contributed by atoms with Crippen molar-refractivity contribution in [1.82, 2.24) is 40.3 Å². The Bertz CT molecular complexity index is 1130. The Morgan fingerprint density at radius 2 is 1.61 bits per heavy atom. The monoisotopic (exact) mass is 446 g/mol. The first-order valence-corrected chi connectivity index (χ1v) is 11.6. The molecule has 1 aliphatic rings. The summed E-state index contributed by atoms with van der Waals surface area (Å²) in [4.78, 5) is 15.4. The lowest BCUT2D eigenvalue weighted by Crippen LogP contribution is -2.38. The highest BCUT2D eigenvalue weighted by atomic mass is 16.5. The lowest BCUT2D eigenvalue weighted by Gasteiger charge is -2.35. The normalized spacial score (nSPS) is 20.5. The molecule has 172 valence electrons. The Labute approximate surface area is 192 Å². The molecule has 5 rings (SSSR count). The van der Waals surface area contributed by atoms with Crippen LogP contribution in [-0.2, 0) is 30.4 Å². The second-order valence-corrected chi connectivity index (χ2v) is 8.64. The van der Waals surface area contributed by atoms with Crippen LogP contribution >= 0.6 is 0 Å². The van der Waals surface area contributed by atoms with Gasteiger partial charge in [0.1, 0.15) is 23.0 Å². The summed E-state index contributed by atoms with van der Waals surface area (Å²) in [5, 5.41) is 14.6. The van der Waals surface area contributed by atoms with Crippen molar-refractivity contribution in [3.8, 4) is 0 Å². The van der Waals surface area contributed by atoms with Crippen LogP contribution in [0.1, 0.15) is 49.2 Å². The van der Waals surface area contributed by atoms with Crippen molar-refractivity contribution in [2.45, 2.75) is 57.5 Å². The van der Waals surface area contributed by atoms with Crippen molar-refractivity contribution < 1.29 is 4.74 Å². The largest absolute Gasteiger partial charge is 0.491 e. The maximum absolute atomic E-state index is 6.93. The zero-order valence-corrected chi connectivity index (χ0v) is 18.8. The summed E-state index contributed by atoms with van der Waals surface area (Å²) < 4.78 is 6.93. The number of nitrogens with one attached hydrogen (secondary N) is 4. The topological polar surface area (TPSA) is 124 Å². The minimum Gasteiger partial charge on any atom is -0.491 e. The van der Waals surface area contributed by atoms with Gasteiger partial charge in [0.2, 0.25) is 0 Å². The van der Waals surface area contributed by atoms with E-state index in [0.717, 1.165) is 67.3 Å². The molecule has 0 amide bonds. The van der Waals surface area contributed by atoms with Gasteiger partial charge >= 0.3 is 0 Å². The van der Waals surface area contributed by atoms with E-state index in [1.165, 1.54) is 5.57 Å². The van der Waals surface area contributed by atoms with Crippen LogP contribution in [0.5, 0.6) is 0 Å². The summed E-state index contributed by atoms with van der Waals surface area (Å²) in [5.74, 6) is 3.17. The van der Waals surface area contributed by atoms with Gasteiger partial charge < -0.3 is 14.7 Å². The Hall–Kier alpha value is -3.62. The lowest BCUT2D eigenvalue weighted by molar-refractivity contribution is -0.0208. The molecule has 0 aromatic carbocycles. The van der Waals surface area contributed by atoms with Crippen molar-refractivity contribution in [1.29, 1.82) is 0 Å². The molecule has 9 nitrogen and oxygen atoms in total. The van der Waals surface area contributed by atoms with Gasteiger partial charge in [0.05, 0.1) is 6.42 Å². The summed E-state index contributed by atoms with van der Waals surface area (Å²) in [6.07, 6.45) is 16.9. The van der Waals surface area contributed by atoms with Crippen molar-refractivity contribution in [3.05, 3.63) is 83.7 Å². The molecule has 0 radical (unpaired) electrons. The summed E-state index contributed by atoms with van der Waals surface area (Å²) in [6.45, 7) is 2.23. The van der Waals surface area contributed by atoms with E-state index in [0.29, 0.717) is 6.42 Å². The summed E-state index contributed by atoms with van der Waals surface area (Å²) >= 11 is 0. The van der Waals surface area contributed by atoms with Gasteiger partial charge in [0.15, 0.2) is 0 Å². The quantitative estimate of drug-likeness (QED) is 0.280. The zero-order valence-electron chi connectivity index (χ0n) is 18.8. The average molecular weight is 447 g/mol. The van der Waals surface area contributed by atoms with Crippen LogP contribution in [0.25, 0.3) is 0 Å². The van der Waals surface area contributed by atoms with E-state index >= 15 is 0 Å². The molecule has 4 aromatic heterocycles. The number of imidazole rings is 2. The van der Waals surface area contributed by atoms with Gasteiger partial charge in [-0.2, -0.15) is 10.2 Å². The molecule has 0 fully saturated rings. The molecule has 0 saturated carbocycles. The molecule has 0 bridgehead atoms.